The van der Waals surface area contributed by atoms with Crippen molar-refractivity contribution in [2.75, 3.05) is 12.4 Å². The maximum absolute atomic E-state index is 12.3. The van der Waals surface area contributed by atoms with Gasteiger partial charge in [-0.25, -0.2) is 9.78 Å². The van der Waals surface area contributed by atoms with E-state index < -0.39 is 18.0 Å². The van der Waals surface area contributed by atoms with Gasteiger partial charge in [0.2, 0.25) is 0 Å². The summed E-state index contributed by atoms with van der Waals surface area (Å²) in [5, 5.41) is 7.01. The molecule has 0 bridgehead atoms. The first-order valence-electron chi connectivity index (χ1n) is 7.72. The summed E-state index contributed by atoms with van der Waals surface area (Å²) >= 11 is 2.90. The molecule has 0 aliphatic carbocycles. The summed E-state index contributed by atoms with van der Waals surface area (Å²) < 4.78 is 10.4. The first-order valence-corrected chi connectivity index (χ1v) is 9.48. The molecule has 26 heavy (non-hydrogen) atoms. The van der Waals surface area contributed by atoms with Crippen LogP contribution in [-0.2, 0) is 9.53 Å². The van der Waals surface area contributed by atoms with E-state index in [1.807, 2.05) is 17.5 Å². The average Bonchev–Trinajstić information content (AvgIpc) is 3.33. The van der Waals surface area contributed by atoms with E-state index in [-0.39, 0.29) is 5.69 Å². The van der Waals surface area contributed by atoms with Crippen LogP contribution >= 0.6 is 22.7 Å². The molecule has 0 aliphatic rings. The van der Waals surface area contributed by atoms with Crippen LogP contribution < -0.4 is 10.1 Å². The number of aromatic nitrogens is 1. The molecule has 0 aliphatic heterocycles. The monoisotopic (exact) mass is 388 g/mol. The van der Waals surface area contributed by atoms with Crippen molar-refractivity contribution in [3.63, 3.8) is 0 Å². The minimum Gasteiger partial charge on any atom is -0.495 e. The van der Waals surface area contributed by atoms with Crippen molar-refractivity contribution in [2.24, 2.45) is 0 Å². The number of carbonyl (C=O) groups excluding carboxylic acids is 2. The van der Waals surface area contributed by atoms with Crippen LogP contribution in [0.3, 0.4) is 0 Å². The van der Waals surface area contributed by atoms with Gasteiger partial charge in [0.1, 0.15) is 10.8 Å². The van der Waals surface area contributed by atoms with Crippen LogP contribution in [-0.4, -0.2) is 30.1 Å². The number of anilines is 1. The van der Waals surface area contributed by atoms with E-state index in [1.165, 1.54) is 25.4 Å². The van der Waals surface area contributed by atoms with E-state index in [1.54, 1.807) is 41.0 Å². The van der Waals surface area contributed by atoms with Gasteiger partial charge in [-0.2, -0.15) is 0 Å². The summed E-state index contributed by atoms with van der Waals surface area (Å²) in [5.41, 5.74) is 0.701. The van der Waals surface area contributed by atoms with Gasteiger partial charge in [-0.1, -0.05) is 18.2 Å². The van der Waals surface area contributed by atoms with Crippen molar-refractivity contribution < 1.29 is 19.1 Å². The van der Waals surface area contributed by atoms with Gasteiger partial charge in [-0.15, -0.1) is 22.7 Å². The molecule has 134 valence electrons. The fraction of sp³-hybridized carbons (Fsp3) is 0.167. The Morgan fingerprint density at radius 2 is 1.96 bits per heavy atom. The maximum Gasteiger partial charge on any atom is 0.358 e. The van der Waals surface area contributed by atoms with Crippen LogP contribution in [0.25, 0.3) is 9.88 Å². The number of methoxy groups -OCH3 is 1. The van der Waals surface area contributed by atoms with E-state index >= 15 is 0 Å². The molecule has 1 aromatic carbocycles. The zero-order valence-corrected chi connectivity index (χ0v) is 15.7. The van der Waals surface area contributed by atoms with Crippen LogP contribution in [0.4, 0.5) is 5.69 Å². The quantitative estimate of drug-likeness (QED) is 0.644. The molecule has 1 amide bonds. The minimum atomic E-state index is -0.973. The lowest BCUT2D eigenvalue weighted by molar-refractivity contribution is -0.123. The molecule has 0 radical (unpaired) electrons. The number of hydrogen-bond donors (Lipinski definition) is 1. The third-order valence-corrected chi connectivity index (χ3v) is 5.34. The lowest BCUT2D eigenvalue weighted by atomic mass is 10.2. The topological polar surface area (TPSA) is 77.5 Å². The molecular formula is C18H16N2O4S2. The molecule has 8 heteroatoms. The van der Waals surface area contributed by atoms with E-state index in [4.69, 9.17) is 9.47 Å². The van der Waals surface area contributed by atoms with Gasteiger partial charge in [-0.3, -0.25) is 4.79 Å². The number of nitrogens with zero attached hydrogens (tertiary/aromatic N) is 1. The van der Waals surface area contributed by atoms with Crippen molar-refractivity contribution in [3.05, 3.63) is 52.9 Å². The average molecular weight is 388 g/mol. The number of hydrogen-bond acceptors (Lipinski definition) is 7. The zero-order valence-electron chi connectivity index (χ0n) is 14.1. The highest BCUT2D eigenvalue weighted by atomic mass is 32.1. The van der Waals surface area contributed by atoms with Crippen LogP contribution in [0.2, 0.25) is 0 Å². The first kappa shape index (κ1) is 18.1. The Hall–Kier alpha value is -2.71. The molecule has 3 rings (SSSR count). The molecule has 0 saturated heterocycles. The third kappa shape index (κ3) is 4.09. The number of para-hydroxylation sites is 2. The molecule has 0 fully saturated rings. The summed E-state index contributed by atoms with van der Waals surface area (Å²) in [6.45, 7) is 1.51. The van der Waals surface area contributed by atoms with E-state index in [9.17, 15) is 9.59 Å². The first-order chi connectivity index (χ1) is 12.6. The Morgan fingerprint density at radius 3 is 2.69 bits per heavy atom. The number of thiophene rings is 1. The Kier molecular flexibility index (Phi) is 5.65. The molecule has 0 spiro atoms. The smallest absolute Gasteiger partial charge is 0.358 e. The second-order valence-electron chi connectivity index (χ2n) is 5.25. The standard InChI is InChI=1S/C18H16N2O4S2/c1-11(16(21)19-12-6-3-4-7-14(12)23-2)24-18(22)13-10-26-17(20-13)15-8-5-9-25-15/h3-11H,1-2H3,(H,19,21)/t11-/m1/s1. The molecule has 1 N–H and O–H groups in total. The SMILES string of the molecule is COc1ccccc1NC(=O)[C@@H](C)OC(=O)c1csc(-c2cccs2)n1. The van der Waals surface area contributed by atoms with Crippen molar-refractivity contribution in [2.45, 2.75) is 13.0 Å². The zero-order chi connectivity index (χ0) is 18.5. The van der Waals surface area contributed by atoms with Crippen molar-refractivity contribution in [1.29, 1.82) is 0 Å². The van der Waals surface area contributed by atoms with Crippen LogP contribution in [0.15, 0.2) is 47.2 Å². The molecule has 2 heterocycles. The van der Waals surface area contributed by atoms with Gasteiger partial charge >= 0.3 is 5.97 Å². The van der Waals surface area contributed by atoms with Gasteiger partial charge in [0.05, 0.1) is 17.7 Å². The minimum absolute atomic E-state index is 0.190. The summed E-state index contributed by atoms with van der Waals surface area (Å²) in [6, 6.07) is 10.9. The van der Waals surface area contributed by atoms with Gasteiger partial charge < -0.3 is 14.8 Å². The van der Waals surface area contributed by atoms with E-state index in [2.05, 4.69) is 10.3 Å². The molecule has 6 nitrogen and oxygen atoms in total. The van der Waals surface area contributed by atoms with Gasteiger partial charge in [0, 0.05) is 5.38 Å². The second-order valence-corrected chi connectivity index (χ2v) is 7.06. The summed E-state index contributed by atoms with van der Waals surface area (Å²) in [6.07, 6.45) is -0.973. The molecule has 0 saturated carbocycles. The van der Waals surface area contributed by atoms with Crippen molar-refractivity contribution in [3.8, 4) is 15.6 Å². The number of thiazole rings is 1. The van der Waals surface area contributed by atoms with Gasteiger partial charge in [0.15, 0.2) is 11.8 Å². The van der Waals surface area contributed by atoms with Crippen molar-refractivity contribution in [1.82, 2.24) is 4.98 Å². The summed E-state index contributed by atoms with van der Waals surface area (Å²) in [4.78, 5) is 29.8. The van der Waals surface area contributed by atoms with Gasteiger partial charge in [-0.05, 0) is 30.5 Å². The lowest BCUT2D eigenvalue weighted by Gasteiger charge is -2.14. The number of rotatable bonds is 6. The predicted molar refractivity (Wildman–Crippen MR) is 102 cm³/mol. The fourth-order valence-corrected chi connectivity index (χ4v) is 3.74. The van der Waals surface area contributed by atoms with Crippen LogP contribution in [0.5, 0.6) is 5.75 Å². The maximum atomic E-state index is 12.3. The number of benzene rings is 1. The number of ether oxygens (including phenoxy) is 2. The summed E-state index contributed by atoms with van der Waals surface area (Å²) in [5.74, 6) is -0.553. The molecule has 1 atom stereocenters. The number of nitrogens with one attached hydrogen (secondary N) is 1. The fourth-order valence-electron chi connectivity index (χ4n) is 2.14. The van der Waals surface area contributed by atoms with E-state index in [0.29, 0.717) is 11.4 Å². The highest BCUT2D eigenvalue weighted by molar-refractivity contribution is 7.20. The number of amides is 1. The van der Waals surface area contributed by atoms with Crippen LogP contribution in [0, 0.1) is 0 Å². The Labute approximate surface area is 158 Å². The predicted octanol–water partition coefficient (Wildman–Crippen LogP) is 4.06. The Balaban J connectivity index is 1.63. The molecule has 2 aromatic heterocycles. The van der Waals surface area contributed by atoms with Crippen LogP contribution in [0.1, 0.15) is 17.4 Å². The van der Waals surface area contributed by atoms with Gasteiger partial charge in [0.25, 0.3) is 5.91 Å². The third-order valence-electron chi connectivity index (χ3n) is 3.46. The number of carbonyl (C=O) groups is 2. The van der Waals surface area contributed by atoms with Crippen molar-refractivity contribution >= 4 is 40.2 Å². The molecule has 3 aromatic rings. The summed E-state index contributed by atoms with van der Waals surface area (Å²) in [7, 11) is 1.52. The highest BCUT2D eigenvalue weighted by Gasteiger charge is 2.22. The van der Waals surface area contributed by atoms with E-state index in [0.717, 1.165) is 9.88 Å². The Morgan fingerprint density at radius 1 is 1.15 bits per heavy atom. The second kappa shape index (κ2) is 8.11. The number of esters is 1. The molecule has 0 unspecified atom stereocenters. The Bertz CT molecular complexity index is 906. The largest absolute Gasteiger partial charge is 0.495 e. The molecular weight excluding hydrogens is 372 g/mol. The lowest BCUT2D eigenvalue weighted by Crippen LogP contribution is -2.30. The normalized spacial score (nSPS) is 11.6. The highest BCUT2D eigenvalue weighted by Crippen LogP contribution is 2.28.